The van der Waals surface area contributed by atoms with Gasteiger partial charge in [-0.1, -0.05) is 48.5 Å². The molecule has 0 N–H and O–H groups in total. The zero-order valence-electron chi connectivity index (χ0n) is 10.0. The summed E-state index contributed by atoms with van der Waals surface area (Å²) in [7, 11) is 0. The van der Waals surface area contributed by atoms with Gasteiger partial charge < -0.3 is 0 Å². The zero-order valence-corrected chi connectivity index (χ0v) is 10.0. The lowest BCUT2D eigenvalue weighted by atomic mass is 10.1. The van der Waals surface area contributed by atoms with E-state index >= 15 is 0 Å². The van der Waals surface area contributed by atoms with Gasteiger partial charge in [0.1, 0.15) is 0 Å². The lowest BCUT2D eigenvalue weighted by Gasteiger charge is -1.99. The molecular weight excluding hydrogens is 220 g/mol. The summed E-state index contributed by atoms with van der Waals surface area (Å²) in [5, 5.41) is 4.40. The van der Waals surface area contributed by atoms with E-state index in [1.54, 1.807) is 0 Å². The molecule has 2 aromatic carbocycles. The Bertz CT molecular complexity index is 612. The molecule has 3 rings (SSSR count). The predicted molar refractivity (Wildman–Crippen MR) is 72.8 cm³/mol. The molecule has 18 heavy (non-hydrogen) atoms. The van der Waals surface area contributed by atoms with Crippen LogP contribution in [-0.2, 0) is 6.42 Å². The van der Waals surface area contributed by atoms with Crippen LogP contribution in [0.3, 0.4) is 0 Å². The van der Waals surface area contributed by atoms with Crippen LogP contribution in [0, 0.1) is 0 Å². The molecule has 88 valence electrons. The van der Waals surface area contributed by atoms with Gasteiger partial charge in [-0.15, -0.1) is 0 Å². The van der Waals surface area contributed by atoms with E-state index in [9.17, 15) is 0 Å². The Labute approximate surface area is 107 Å². The maximum absolute atomic E-state index is 4.40. The molecule has 1 heterocycles. The molecule has 0 aliphatic carbocycles. The maximum Gasteiger partial charge on any atom is 0.0645 e. The largest absolute Gasteiger partial charge is 0.241 e. The molecule has 2 nitrogen and oxygen atoms in total. The minimum absolute atomic E-state index is 0.924. The average Bonchev–Trinajstić information content (AvgIpc) is 2.89. The number of para-hydroxylation sites is 1. The number of hydrogen-bond donors (Lipinski definition) is 0. The summed E-state index contributed by atoms with van der Waals surface area (Å²) < 4.78 is 1.91. The maximum atomic E-state index is 4.40. The fourth-order valence-corrected chi connectivity index (χ4v) is 2.00. The van der Waals surface area contributed by atoms with Crippen molar-refractivity contribution in [1.82, 2.24) is 9.78 Å². The fraction of sp³-hybridized carbons (Fsp3) is 0.0625. The van der Waals surface area contributed by atoms with Gasteiger partial charge >= 0.3 is 0 Å². The van der Waals surface area contributed by atoms with Gasteiger partial charge in [-0.3, -0.25) is 0 Å². The van der Waals surface area contributed by atoms with Crippen LogP contribution < -0.4 is 0 Å². The summed E-state index contributed by atoms with van der Waals surface area (Å²) in [6, 6.07) is 20.6. The van der Waals surface area contributed by atoms with Crippen molar-refractivity contribution in [3.8, 4) is 5.69 Å². The van der Waals surface area contributed by atoms with E-state index in [2.05, 4.69) is 47.7 Å². The molecule has 0 unspecified atom stereocenters. The van der Waals surface area contributed by atoms with Crippen LogP contribution >= 0.6 is 0 Å². The lowest BCUT2D eigenvalue weighted by Crippen LogP contribution is -1.92. The molecule has 0 aliphatic rings. The third kappa shape index (κ3) is 2.33. The first kappa shape index (κ1) is 10.8. The highest BCUT2D eigenvalue weighted by Gasteiger charge is 2.01. The Balaban J connectivity index is 1.82. The number of rotatable bonds is 3. The Morgan fingerprint density at radius 3 is 2.17 bits per heavy atom. The van der Waals surface area contributed by atoms with Gasteiger partial charge in [-0.05, 0) is 23.3 Å². The molecule has 0 saturated heterocycles. The van der Waals surface area contributed by atoms with Gasteiger partial charge in [0, 0.05) is 12.6 Å². The van der Waals surface area contributed by atoms with Crippen molar-refractivity contribution in [3.63, 3.8) is 0 Å². The summed E-state index contributed by atoms with van der Waals surface area (Å²) in [5.41, 5.74) is 3.63. The van der Waals surface area contributed by atoms with Crippen molar-refractivity contribution in [3.05, 3.63) is 84.2 Å². The van der Waals surface area contributed by atoms with Crippen LogP contribution in [0.4, 0.5) is 0 Å². The molecule has 3 aromatic rings. The van der Waals surface area contributed by atoms with Gasteiger partial charge in [0.15, 0.2) is 0 Å². The minimum Gasteiger partial charge on any atom is -0.241 e. The van der Waals surface area contributed by atoms with E-state index in [-0.39, 0.29) is 0 Å². The van der Waals surface area contributed by atoms with E-state index in [0.29, 0.717) is 0 Å². The van der Waals surface area contributed by atoms with Crippen molar-refractivity contribution in [2.75, 3.05) is 0 Å². The molecule has 2 heteroatoms. The summed E-state index contributed by atoms with van der Waals surface area (Å²) in [6.45, 7) is 0. The average molecular weight is 234 g/mol. The molecule has 0 saturated carbocycles. The number of aromatic nitrogens is 2. The van der Waals surface area contributed by atoms with Gasteiger partial charge in [-0.25, -0.2) is 4.68 Å². The Kier molecular flexibility index (Phi) is 2.92. The first-order chi connectivity index (χ1) is 8.92. The highest BCUT2D eigenvalue weighted by atomic mass is 15.3. The molecule has 0 amide bonds. The Morgan fingerprint density at radius 2 is 1.44 bits per heavy atom. The molecule has 0 spiro atoms. The summed E-state index contributed by atoms with van der Waals surface area (Å²) in [6.07, 6.45) is 4.94. The van der Waals surface area contributed by atoms with Crippen molar-refractivity contribution >= 4 is 0 Å². The topological polar surface area (TPSA) is 17.8 Å². The standard InChI is InChI=1S/C16H14N2/c1-3-7-14(8-4-1)11-15-12-17-18(13-15)16-9-5-2-6-10-16/h1-10,12-13H,11H2. The van der Waals surface area contributed by atoms with Crippen molar-refractivity contribution in [2.45, 2.75) is 6.42 Å². The van der Waals surface area contributed by atoms with Crippen LogP contribution in [0.2, 0.25) is 0 Å². The third-order valence-corrected chi connectivity index (χ3v) is 2.91. The number of nitrogens with zero attached hydrogens (tertiary/aromatic N) is 2. The number of hydrogen-bond acceptors (Lipinski definition) is 1. The first-order valence-corrected chi connectivity index (χ1v) is 6.05. The van der Waals surface area contributed by atoms with E-state index in [4.69, 9.17) is 0 Å². The SMILES string of the molecule is c1ccc(Cc2cnn(-c3ccccc3)c2)cc1. The van der Waals surface area contributed by atoms with Gasteiger partial charge in [0.05, 0.1) is 11.9 Å². The number of benzene rings is 2. The van der Waals surface area contributed by atoms with Crippen LogP contribution in [0.15, 0.2) is 73.1 Å². The smallest absolute Gasteiger partial charge is 0.0645 e. The summed E-state index contributed by atoms with van der Waals surface area (Å²) >= 11 is 0. The third-order valence-electron chi connectivity index (χ3n) is 2.91. The second kappa shape index (κ2) is 4.88. The second-order valence-electron chi connectivity index (χ2n) is 4.29. The van der Waals surface area contributed by atoms with Crippen LogP contribution in [-0.4, -0.2) is 9.78 Å². The molecule has 0 bridgehead atoms. The highest BCUT2D eigenvalue weighted by molar-refractivity contribution is 5.32. The van der Waals surface area contributed by atoms with Gasteiger partial charge in [-0.2, -0.15) is 5.10 Å². The fourth-order valence-electron chi connectivity index (χ4n) is 2.00. The van der Waals surface area contributed by atoms with Gasteiger partial charge in [0.25, 0.3) is 0 Å². The van der Waals surface area contributed by atoms with Crippen molar-refractivity contribution in [2.24, 2.45) is 0 Å². The molecule has 0 aliphatic heterocycles. The minimum atomic E-state index is 0.924. The van der Waals surface area contributed by atoms with E-state index in [0.717, 1.165) is 12.1 Å². The van der Waals surface area contributed by atoms with Crippen molar-refractivity contribution < 1.29 is 0 Å². The second-order valence-corrected chi connectivity index (χ2v) is 4.29. The first-order valence-electron chi connectivity index (χ1n) is 6.05. The van der Waals surface area contributed by atoms with Crippen LogP contribution in [0.25, 0.3) is 5.69 Å². The lowest BCUT2D eigenvalue weighted by molar-refractivity contribution is 0.880. The quantitative estimate of drug-likeness (QED) is 0.678. The Morgan fingerprint density at radius 1 is 0.778 bits per heavy atom. The molecule has 0 fully saturated rings. The predicted octanol–water partition coefficient (Wildman–Crippen LogP) is 3.46. The molecule has 0 atom stereocenters. The molecular formula is C16H14N2. The Hall–Kier alpha value is -2.35. The van der Waals surface area contributed by atoms with Crippen molar-refractivity contribution in [1.29, 1.82) is 0 Å². The van der Waals surface area contributed by atoms with E-state index < -0.39 is 0 Å². The normalized spacial score (nSPS) is 10.4. The van der Waals surface area contributed by atoms with E-state index in [1.165, 1.54) is 11.1 Å². The van der Waals surface area contributed by atoms with Crippen LogP contribution in [0.1, 0.15) is 11.1 Å². The molecule has 1 aromatic heterocycles. The van der Waals surface area contributed by atoms with E-state index in [1.807, 2.05) is 35.1 Å². The summed E-state index contributed by atoms with van der Waals surface area (Å²) in [4.78, 5) is 0. The van der Waals surface area contributed by atoms with Gasteiger partial charge in [0.2, 0.25) is 0 Å². The molecule has 0 radical (unpaired) electrons. The highest BCUT2D eigenvalue weighted by Crippen LogP contribution is 2.11. The summed E-state index contributed by atoms with van der Waals surface area (Å²) in [5.74, 6) is 0. The zero-order chi connectivity index (χ0) is 12.2. The monoisotopic (exact) mass is 234 g/mol. The van der Waals surface area contributed by atoms with Crippen LogP contribution in [0.5, 0.6) is 0 Å².